The van der Waals surface area contributed by atoms with E-state index < -0.39 is 6.17 Å². The summed E-state index contributed by atoms with van der Waals surface area (Å²) in [6.45, 7) is 8.41. The molecular weight excluding hydrogens is 153 g/mol. The number of halogens is 1. The van der Waals surface area contributed by atoms with Crippen molar-refractivity contribution in [3.63, 3.8) is 0 Å². The van der Waals surface area contributed by atoms with Gasteiger partial charge in [-0.1, -0.05) is 20.8 Å². The van der Waals surface area contributed by atoms with Gasteiger partial charge in [-0.2, -0.15) is 0 Å². The van der Waals surface area contributed by atoms with Crippen molar-refractivity contribution in [3.8, 4) is 0 Å². The van der Waals surface area contributed by atoms with Gasteiger partial charge in [-0.15, -0.1) is 0 Å². The number of nitrogens with one attached hydrogen (secondary N) is 1. The zero-order valence-electron chi connectivity index (χ0n) is 8.36. The Morgan fingerprint density at radius 3 is 2.33 bits per heavy atom. The van der Waals surface area contributed by atoms with Gasteiger partial charge in [-0.3, -0.25) is 0 Å². The third-order valence-corrected chi connectivity index (χ3v) is 2.39. The van der Waals surface area contributed by atoms with E-state index in [0.717, 1.165) is 25.9 Å². The summed E-state index contributed by atoms with van der Waals surface area (Å²) in [6, 6.07) is 0. The van der Waals surface area contributed by atoms with Crippen LogP contribution in [0.3, 0.4) is 0 Å². The quantitative estimate of drug-likeness (QED) is 0.691. The highest BCUT2D eigenvalue weighted by atomic mass is 19.1. The molecule has 2 atom stereocenters. The van der Waals surface area contributed by atoms with Crippen molar-refractivity contribution in [2.75, 3.05) is 13.1 Å². The standard InChI is InChI=1S/C10H20FN/c1-10(2,3)7-12-6-8-4-5-9(8)11/h8-9,12H,4-7H2,1-3H3. The molecule has 12 heavy (non-hydrogen) atoms. The first-order valence-electron chi connectivity index (χ1n) is 4.84. The van der Waals surface area contributed by atoms with Crippen LogP contribution in [0.4, 0.5) is 4.39 Å². The molecule has 2 heteroatoms. The molecule has 0 aliphatic heterocycles. The molecule has 0 saturated heterocycles. The smallest absolute Gasteiger partial charge is 0.104 e. The summed E-state index contributed by atoms with van der Waals surface area (Å²) >= 11 is 0. The van der Waals surface area contributed by atoms with Crippen LogP contribution in [0.2, 0.25) is 0 Å². The molecule has 1 fully saturated rings. The van der Waals surface area contributed by atoms with Crippen LogP contribution in [0.1, 0.15) is 33.6 Å². The maximum absolute atomic E-state index is 12.8. The van der Waals surface area contributed by atoms with E-state index in [1.165, 1.54) is 0 Å². The lowest BCUT2D eigenvalue weighted by Crippen LogP contribution is -2.39. The average molecular weight is 173 g/mol. The van der Waals surface area contributed by atoms with Crippen molar-refractivity contribution in [1.29, 1.82) is 0 Å². The summed E-state index contributed by atoms with van der Waals surface area (Å²) in [5.41, 5.74) is 0.315. The maximum Gasteiger partial charge on any atom is 0.104 e. The van der Waals surface area contributed by atoms with Gasteiger partial charge in [0.25, 0.3) is 0 Å². The summed E-state index contributed by atoms with van der Waals surface area (Å²) in [7, 11) is 0. The predicted molar refractivity (Wildman–Crippen MR) is 49.9 cm³/mol. The van der Waals surface area contributed by atoms with Crippen LogP contribution in [-0.2, 0) is 0 Å². The van der Waals surface area contributed by atoms with E-state index in [1.54, 1.807) is 0 Å². The molecule has 0 amide bonds. The number of hydrogen-bond donors (Lipinski definition) is 1. The monoisotopic (exact) mass is 173 g/mol. The Labute approximate surface area is 74.7 Å². The molecule has 1 aliphatic carbocycles. The minimum atomic E-state index is -0.530. The van der Waals surface area contributed by atoms with Crippen LogP contribution in [-0.4, -0.2) is 19.3 Å². The van der Waals surface area contributed by atoms with Gasteiger partial charge in [-0.25, -0.2) is 4.39 Å². The van der Waals surface area contributed by atoms with Gasteiger partial charge >= 0.3 is 0 Å². The van der Waals surface area contributed by atoms with Crippen LogP contribution in [0.5, 0.6) is 0 Å². The normalized spacial score (nSPS) is 30.0. The van der Waals surface area contributed by atoms with E-state index in [9.17, 15) is 4.39 Å². The van der Waals surface area contributed by atoms with E-state index in [4.69, 9.17) is 0 Å². The van der Waals surface area contributed by atoms with Crippen molar-refractivity contribution in [1.82, 2.24) is 5.32 Å². The summed E-state index contributed by atoms with van der Waals surface area (Å²) < 4.78 is 12.8. The number of rotatable bonds is 3. The predicted octanol–water partition coefficient (Wildman–Crippen LogP) is 2.37. The fourth-order valence-electron chi connectivity index (χ4n) is 1.39. The zero-order valence-corrected chi connectivity index (χ0v) is 8.36. The molecule has 0 heterocycles. The van der Waals surface area contributed by atoms with E-state index in [1.807, 2.05) is 0 Å². The molecule has 0 bridgehead atoms. The van der Waals surface area contributed by atoms with Crippen molar-refractivity contribution >= 4 is 0 Å². The van der Waals surface area contributed by atoms with E-state index in [0.29, 0.717) is 11.3 Å². The van der Waals surface area contributed by atoms with Crippen molar-refractivity contribution in [3.05, 3.63) is 0 Å². The molecule has 0 aromatic carbocycles. The Kier molecular flexibility index (Phi) is 3.10. The van der Waals surface area contributed by atoms with Gasteiger partial charge in [0.1, 0.15) is 6.17 Å². The molecule has 1 saturated carbocycles. The van der Waals surface area contributed by atoms with Crippen LogP contribution in [0.25, 0.3) is 0 Å². The molecule has 0 aromatic rings. The molecule has 1 nitrogen and oxygen atoms in total. The Morgan fingerprint density at radius 2 is 2.00 bits per heavy atom. The van der Waals surface area contributed by atoms with Crippen LogP contribution in [0.15, 0.2) is 0 Å². The Hall–Kier alpha value is -0.110. The minimum Gasteiger partial charge on any atom is -0.316 e. The Bertz CT molecular complexity index is 139. The van der Waals surface area contributed by atoms with Crippen molar-refractivity contribution in [2.24, 2.45) is 11.3 Å². The molecule has 1 aliphatic rings. The van der Waals surface area contributed by atoms with Crippen LogP contribution in [0, 0.1) is 11.3 Å². The first-order chi connectivity index (χ1) is 5.49. The van der Waals surface area contributed by atoms with E-state index in [-0.39, 0.29) is 0 Å². The first-order valence-corrected chi connectivity index (χ1v) is 4.84. The summed E-state index contributed by atoms with van der Waals surface area (Å²) in [6.07, 6.45) is 1.32. The highest BCUT2D eigenvalue weighted by Crippen LogP contribution is 2.29. The average Bonchev–Trinajstić information content (AvgIpc) is 1.93. The van der Waals surface area contributed by atoms with Crippen LogP contribution < -0.4 is 5.32 Å². The molecule has 72 valence electrons. The third-order valence-electron chi connectivity index (χ3n) is 2.39. The van der Waals surface area contributed by atoms with E-state index in [2.05, 4.69) is 26.1 Å². The van der Waals surface area contributed by atoms with Crippen LogP contribution >= 0.6 is 0 Å². The maximum atomic E-state index is 12.8. The van der Waals surface area contributed by atoms with Crippen molar-refractivity contribution in [2.45, 2.75) is 39.8 Å². The van der Waals surface area contributed by atoms with E-state index >= 15 is 0 Å². The lowest BCUT2D eigenvalue weighted by Gasteiger charge is -2.31. The van der Waals surface area contributed by atoms with Gasteiger partial charge in [0, 0.05) is 19.0 Å². The largest absolute Gasteiger partial charge is 0.316 e. The summed E-state index contributed by atoms with van der Waals surface area (Å²) in [5.74, 6) is 0.298. The Morgan fingerprint density at radius 1 is 1.33 bits per heavy atom. The Balaban J connectivity index is 2.03. The lowest BCUT2D eigenvalue weighted by atomic mass is 9.83. The summed E-state index contributed by atoms with van der Waals surface area (Å²) in [5, 5.41) is 3.32. The fourth-order valence-corrected chi connectivity index (χ4v) is 1.39. The first kappa shape index (κ1) is 9.97. The number of alkyl halides is 1. The second-order valence-electron chi connectivity index (χ2n) is 5.04. The minimum absolute atomic E-state index is 0.298. The zero-order chi connectivity index (χ0) is 9.19. The second kappa shape index (κ2) is 3.73. The molecule has 1 rings (SSSR count). The molecule has 2 unspecified atom stereocenters. The lowest BCUT2D eigenvalue weighted by molar-refractivity contribution is 0.109. The molecule has 0 radical (unpaired) electrons. The van der Waals surface area contributed by atoms with Gasteiger partial charge < -0.3 is 5.32 Å². The highest BCUT2D eigenvalue weighted by molar-refractivity contribution is 4.82. The SMILES string of the molecule is CC(C)(C)CNCC1CCC1F. The topological polar surface area (TPSA) is 12.0 Å². The van der Waals surface area contributed by atoms with Gasteiger partial charge in [-0.05, 0) is 18.3 Å². The molecule has 0 spiro atoms. The van der Waals surface area contributed by atoms with Gasteiger partial charge in [0.05, 0.1) is 0 Å². The second-order valence-corrected chi connectivity index (χ2v) is 5.04. The summed E-state index contributed by atoms with van der Waals surface area (Å²) in [4.78, 5) is 0. The molecule has 1 N–H and O–H groups in total. The highest BCUT2D eigenvalue weighted by Gasteiger charge is 2.30. The third kappa shape index (κ3) is 3.10. The fraction of sp³-hybridized carbons (Fsp3) is 1.00. The number of hydrogen-bond acceptors (Lipinski definition) is 1. The molecule has 0 aromatic heterocycles. The van der Waals surface area contributed by atoms with Gasteiger partial charge in [0.2, 0.25) is 0 Å². The molecular formula is C10H20FN. The van der Waals surface area contributed by atoms with Gasteiger partial charge in [0.15, 0.2) is 0 Å². The van der Waals surface area contributed by atoms with Crippen molar-refractivity contribution < 1.29 is 4.39 Å².